The van der Waals surface area contributed by atoms with Crippen LogP contribution in [-0.2, 0) is 16.1 Å². The molecule has 0 unspecified atom stereocenters. The van der Waals surface area contributed by atoms with Crippen molar-refractivity contribution in [3.8, 4) is 0 Å². The van der Waals surface area contributed by atoms with Crippen molar-refractivity contribution >= 4 is 33.5 Å². The summed E-state index contributed by atoms with van der Waals surface area (Å²) in [6.45, 7) is 0.0632. The molecule has 0 N–H and O–H groups in total. The van der Waals surface area contributed by atoms with Crippen LogP contribution in [0, 0.1) is 0 Å². The van der Waals surface area contributed by atoms with Crippen LogP contribution >= 0.6 is 11.3 Å². The van der Waals surface area contributed by atoms with Crippen molar-refractivity contribution in [2.75, 3.05) is 7.11 Å². The number of carbonyl (C=O) groups is 2. The summed E-state index contributed by atoms with van der Waals surface area (Å²) in [6.07, 6.45) is 0. The normalized spacial score (nSPS) is 10.5. The molecule has 0 aliphatic rings. The number of esters is 2. The van der Waals surface area contributed by atoms with Crippen molar-refractivity contribution in [1.82, 2.24) is 4.98 Å². The molecular formula is C17H13NO4S. The SMILES string of the molecule is COC(=O)c1ccccc1C(=O)OCc1nc2ccccc2s1. The monoisotopic (exact) mass is 327 g/mol. The third-order valence-corrected chi connectivity index (χ3v) is 4.23. The van der Waals surface area contributed by atoms with Crippen LogP contribution in [0.3, 0.4) is 0 Å². The summed E-state index contributed by atoms with van der Waals surface area (Å²) < 4.78 is 11.0. The number of nitrogens with zero attached hydrogens (tertiary/aromatic N) is 1. The fourth-order valence-electron chi connectivity index (χ4n) is 2.14. The molecule has 5 nitrogen and oxygen atoms in total. The molecule has 0 saturated heterocycles. The average molecular weight is 327 g/mol. The molecule has 0 bridgehead atoms. The number of rotatable bonds is 4. The summed E-state index contributed by atoms with van der Waals surface area (Å²) >= 11 is 1.47. The van der Waals surface area contributed by atoms with Gasteiger partial charge in [-0.05, 0) is 24.3 Å². The van der Waals surface area contributed by atoms with Crippen molar-refractivity contribution in [2.24, 2.45) is 0 Å². The summed E-state index contributed by atoms with van der Waals surface area (Å²) in [5, 5.41) is 0.704. The number of benzene rings is 2. The van der Waals surface area contributed by atoms with Crippen molar-refractivity contribution in [2.45, 2.75) is 6.61 Å². The predicted molar refractivity (Wildman–Crippen MR) is 86.5 cm³/mol. The van der Waals surface area contributed by atoms with E-state index in [4.69, 9.17) is 4.74 Å². The third kappa shape index (κ3) is 3.22. The molecule has 0 aliphatic heterocycles. The van der Waals surface area contributed by atoms with Crippen LogP contribution in [0.1, 0.15) is 25.7 Å². The highest BCUT2D eigenvalue weighted by Gasteiger charge is 2.18. The van der Waals surface area contributed by atoms with E-state index in [2.05, 4.69) is 9.72 Å². The third-order valence-electron chi connectivity index (χ3n) is 3.22. The van der Waals surface area contributed by atoms with E-state index in [9.17, 15) is 9.59 Å². The molecule has 3 rings (SSSR count). The van der Waals surface area contributed by atoms with Gasteiger partial charge in [-0.25, -0.2) is 14.6 Å². The van der Waals surface area contributed by atoms with Gasteiger partial charge in [0.15, 0.2) is 0 Å². The van der Waals surface area contributed by atoms with E-state index in [-0.39, 0.29) is 17.7 Å². The first-order chi connectivity index (χ1) is 11.2. The molecule has 0 spiro atoms. The molecule has 0 atom stereocenters. The number of aromatic nitrogens is 1. The lowest BCUT2D eigenvalue weighted by Gasteiger charge is -2.07. The van der Waals surface area contributed by atoms with Gasteiger partial charge in [0.05, 0.1) is 28.5 Å². The fourth-order valence-corrected chi connectivity index (χ4v) is 3.02. The number of ether oxygens (including phenoxy) is 2. The fraction of sp³-hybridized carbons (Fsp3) is 0.118. The van der Waals surface area contributed by atoms with E-state index in [0.29, 0.717) is 5.01 Å². The molecule has 2 aromatic carbocycles. The van der Waals surface area contributed by atoms with E-state index < -0.39 is 11.9 Å². The van der Waals surface area contributed by atoms with E-state index in [1.54, 1.807) is 12.1 Å². The summed E-state index contributed by atoms with van der Waals surface area (Å²) in [4.78, 5) is 28.3. The Labute approximate surface area is 136 Å². The Balaban J connectivity index is 1.76. The molecule has 6 heteroatoms. The minimum absolute atomic E-state index is 0.0632. The number of hydrogen-bond donors (Lipinski definition) is 0. The maximum atomic E-state index is 12.2. The van der Waals surface area contributed by atoms with Gasteiger partial charge in [0.1, 0.15) is 11.6 Å². The lowest BCUT2D eigenvalue weighted by atomic mass is 10.1. The molecule has 1 heterocycles. The first kappa shape index (κ1) is 15.2. The van der Waals surface area contributed by atoms with Gasteiger partial charge in [0, 0.05) is 0 Å². The zero-order valence-corrected chi connectivity index (χ0v) is 13.1. The van der Waals surface area contributed by atoms with Gasteiger partial charge in [-0.3, -0.25) is 0 Å². The van der Waals surface area contributed by atoms with E-state index in [1.807, 2.05) is 24.3 Å². The largest absolute Gasteiger partial charge is 0.465 e. The molecule has 1 aromatic heterocycles. The molecule has 23 heavy (non-hydrogen) atoms. The van der Waals surface area contributed by atoms with E-state index in [0.717, 1.165) is 10.2 Å². The number of thiazole rings is 1. The number of carbonyl (C=O) groups excluding carboxylic acids is 2. The van der Waals surface area contributed by atoms with Crippen LogP contribution in [0.5, 0.6) is 0 Å². The molecule has 0 fully saturated rings. The number of fused-ring (bicyclic) bond motifs is 1. The van der Waals surface area contributed by atoms with Crippen molar-refractivity contribution in [3.63, 3.8) is 0 Å². The topological polar surface area (TPSA) is 65.5 Å². The molecule has 116 valence electrons. The van der Waals surface area contributed by atoms with Crippen molar-refractivity contribution in [3.05, 3.63) is 64.7 Å². The van der Waals surface area contributed by atoms with Gasteiger partial charge in [-0.2, -0.15) is 0 Å². The highest BCUT2D eigenvalue weighted by molar-refractivity contribution is 7.18. The zero-order valence-electron chi connectivity index (χ0n) is 12.3. The number of para-hydroxylation sites is 1. The summed E-state index contributed by atoms with van der Waals surface area (Å²) in [6, 6.07) is 14.1. The maximum Gasteiger partial charge on any atom is 0.339 e. The standard InChI is InChI=1S/C17H13NO4S/c1-21-16(19)11-6-2-3-7-12(11)17(20)22-10-15-18-13-8-4-5-9-14(13)23-15/h2-9H,10H2,1H3. The lowest BCUT2D eigenvalue weighted by Crippen LogP contribution is -2.12. The van der Waals surface area contributed by atoms with Gasteiger partial charge < -0.3 is 9.47 Å². The second kappa shape index (κ2) is 6.58. The first-order valence-electron chi connectivity index (χ1n) is 6.88. The molecule has 0 amide bonds. The van der Waals surface area contributed by atoms with E-state index >= 15 is 0 Å². The second-order valence-corrected chi connectivity index (χ2v) is 5.80. The predicted octanol–water partition coefficient (Wildman–Crippen LogP) is 3.44. The summed E-state index contributed by atoms with van der Waals surface area (Å²) in [7, 11) is 1.27. The van der Waals surface area contributed by atoms with Crippen LogP contribution in [0.2, 0.25) is 0 Å². The Kier molecular flexibility index (Phi) is 4.34. The van der Waals surface area contributed by atoms with Gasteiger partial charge >= 0.3 is 11.9 Å². The maximum absolute atomic E-state index is 12.2. The molecule has 0 radical (unpaired) electrons. The first-order valence-corrected chi connectivity index (χ1v) is 7.69. The Morgan fingerprint density at radius 2 is 1.65 bits per heavy atom. The van der Waals surface area contributed by atoms with Crippen LogP contribution in [-0.4, -0.2) is 24.0 Å². The molecule has 0 saturated carbocycles. The highest BCUT2D eigenvalue weighted by Crippen LogP contribution is 2.22. The minimum Gasteiger partial charge on any atom is -0.465 e. The highest BCUT2D eigenvalue weighted by atomic mass is 32.1. The second-order valence-electron chi connectivity index (χ2n) is 4.69. The number of methoxy groups -OCH3 is 1. The lowest BCUT2D eigenvalue weighted by molar-refractivity contribution is 0.0457. The Morgan fingerprint density at radius 1 is 1.00 bits per heavy atom. The summed E-state index contributed by atoms with van der Waals surface area (Å²) in [5.74, 6) is -1.15. The van der Waals surface area contributed by atoms with Crippen LogP contribution in [0.15, 0.2) is 48.5 Å². The smallest absolute Gasteiger partial charge is 0.339 e. The Morgan fingerprint density at radius 3 is 2.35 bits per heavy atom. The number of hydrogen-bond acceptors (Lipinski definition) is 6. The van der Waals surface area contributed by atoms with Gasteiger partial charge in [0.2, 0.25) is 0 Å². The van der Waals surface area contributed by atoms with Gasteiger partial charge in [0.25, 0.3) is 0 Å². The van der Waals surface area contributed by atoms with Crippen molar-refractivity contribution < 1.29 is 19.1 Å². The van der Waals surface area contributed by atoms with Gasteiger partial charge in [-0.1, -0.05) is 24.3 Å². The van der Waals surface area contributed by atoms with Crippen LogP contribution < -0.4 is 0 Å². The van der Waals surface area contributed by atoms with Gasteiger partial charge in [-0.15, -0.1) is 11.3 Å². The van der Waals surface area contributed by atoms with E-state index in [1.165, 1.54) is 30.6 Å². The average Bonchev–Trinajstić information content (AvgIpc) is 3.02. The molecule has 0 aliphatic carbocycles. The summed E-state index contributed by atoms with van der Waals surface area (Å²) in [5.41, 5.74) is 1.24. The quantitative estimate of drug-likeness (QED) is 0.687. The van der Waals surface area contributed by atoms with Crippen LogP contribution in [0.25, 0.3) is 10.2 Å². The zero-order chi connectivity index (χ0) is 16.2. The van der Waals surface area contributed by atoms with Crippen LogP contribution in [0.4, 0.5) is 0 Å². The molecular weight excluding hydrogens is 314 g/mol. The Hall–Kier alpha value is -2.73. The Bertz CT molecular complexity index is 839. The van der Waals surface area contributed by atoms with Crippen molar-refractivity contribution in [1.29, 1.82) is 0 Å². The molecule has 3 aromatic rings. The minimum atomic E-state index is -0.578.